The van der Waals surface area contributed by atoms with Gasteiger partial charge in [0.05, 0.1) is 0 Å². The summed E-state index contributed by atoms with van der Waals surface area (Å²) in [5.74, 6) is -0.566. The van der Waals surface area contributed by atoms with Gasteiger partial charge in [-0.3, -0.25) is 14.4 Å². The molecule has 6 nitrogen and oxygen atoms in total. The van der Waals surface area contributed by atoms with Gasteiger partial charge in [0.2, 0.25) is 17.7 Å². The van der Waals surface area contributed by atoms with Gasteiger partial charge >= 0.3 is 0 Å². The average molecular weight is 313 g/mol. The standard InChI is InChI=1S/C16H31N3O3/c1-7-9-14(20)18(5)12(8-2)16(22)19(6)13(15(17)21)10-11(3)4/h11-13H,7-10H2,1-6H3,(H2,17,21)/t12-,13+/m1/s1. The fourth-order valence-electron chi connectivity index (χ4n) is 2.48. The minimum atomic E-state index is -0.642. The molecular weight excluding hydrogens is 282 g/mol. The predicted octanol–water partition coefficient (Wildman–Crippen LogP) is 1.38. The van der Waals surface area contributed by atoms with Crippen LogP contribution in [0.2, 0.25) is 0 Å². The highest BCUT2D eigenvalue weighted by atomic mass is 16.2. The van der Waals surface area contributed by atoms with Gasteiger partial charge in [-0.25, -0.2) is 0 Å². The summed E-state index contributed by atoms with van der Waals surface area (Å²) >= 11 is 0. The van der Waals surface area contributed by atoms with Crippen LogP contribution in [-0.2, 0) is 14.4 Å². The third kappa shape index (κ3) is 5.66. The molecule has 0 bridgehead atoms. The second-order valence-corrected chi connectivity index (χ2v) is 6.18. The number of rotatable bonds is 9. The van der Waals surface area contributed by atoms with Crippen LogP contribution >= 0.6 is 0 Å². The van der Waals surface area contributed by atoms with Crippen molar-refractivity contribution >= 4 is 17.7 Å². The van der Waals surface area contributed by atoms with Crippen LogP contribution in [-0.4, -0.2) is 53.7 Å². The van der Waals surface area contributed by atoms with Gasteiger partial charge in [0, 0.05) is 20.5 Å². The molecule has 128 valence electrons. The minimum absolute atomic E-state index is 0.0596. The number of hydrogen-bond donors (Lipinski definition) is 1. The Balaban J connectivity index is 5.14. The Morgan fingerprint density at radius 2 is 1.55 bits per heavy atom. The van der Waals surface area contributed by atoms with Crippen molar-refractivity contribution in [3.05, 3.63) is 0 Å². The number of nitrogens with two attached hydrogens (primary N) is 1. The first-order chi connectivity index (χ1) is 10.2. The summed E-state index contributed by atoms with van der Waals surface area (Å²) in [6.07, 6.45) is 2.17. The Morgan fingerprint density at radius 3 is 1.91 bits per heavy atom. The van der Waals surface area contributed by atoms with Crippen LogP contribution in [0.3, 0.4) is 0 Å². The van der Waals surface area contributed by atoms with Crippen molar-refractivity contribution in [2.75, 3.05) is 14.1 Å². The van der Waals surface area contributed by atoms with E-state index < -0.39 is 18.0 Å². The highest BCUT2D eigenvalue weighted by Crippen LogP contribution is 2.15. The summed E-state index contributed by atoms with van der Waals surface area (Å²) < 4.78 is 0. The molecule has 0 spiro atoms. The topological polar surface area (TPSA) is 83.7 Å². The van der Waals surface area contributed by atoms with E-state index in [9.17, 15) is 14.4 Å². The van der Waals surface area contributed by atoms with Crippen LogP contribution in [0.25, 0.3) is 0 Å². The van der Waals surface area contributed by atoms with Gasteiger partial charge in [0.15, 0.2) is 0 Å². The molecule has 0 aliphatic heterocycles. The maximum Gasteiger partial charge on any atom is 0.245 e. The van der Waals surface area contributed by atoms with E-state index in [4.69, 9.17) is 5.73 Å². The molecule has 0 saturated carbocycles. The molecule has 0 heterocycles. The van der Waals surface area contributed by atoms with E-state index in [1.165, 1.54) is 9.80 Å². The fraction of sp³-hybridized carbons (Fsp3) is 0.812. The Labute approximate surface area is 134 Å². The second-order valence-electron chi connectivity index (χ2n) is 6.18. The summed E-state index contributed by atoms with van der Waals surface area (Å²) in [7, 11) is 3.22. The Bertz CT molecular complexity index is 396. The molecule has 0 aromatic heterocycles. The van der Waals surface area contributed by atoms with E-state index >= 15 is 0 Å². The third-order valence-corrected chi connectivity index (χ3v) is 3.83. The maximum atomic E-state index is 12.7. The molecular formula is C16H31N3O3. The minimum Gasteiger partial charge on any atom is -0.368 e. The zero-order valence-electron chi connectivity index (χ0n) is 14.8. The van der Waals surface area contributed by atoms with Crippen molar-refractivity contribution in [1.82, 2.24) is 9.80 Å². The molecule has 3 amide bonds. The summed E-state index contributed by atoms with van der Waals surface area (Å²) in [6.45, 7) is 7.73. The highest BCUT2D eigenvalue weighted by Gasteiger charge is 2.32. The van der Waals surface area contributed by atoms with Gasteiger partial charge in [-0.1, -0.05) is 27.7 Å². The molecule has 0 aromatic rings. The quantitative estimate of drug-likeness (QED) is 0.698. The number of amides is 3. The normalized spacial score (nSPS) is 13.6. The monoisotopic (exact) mass is 313 g/mol. The van der Waals surface area contributed by atoms with Gasteiger partial charge in [-0.15, -0.1) is 0 Å². The fourth-order valence-corrected chi connectivity index (χ4v) is 2.48. The second kappa shape index (κ2) is 9.43. The lowest BCUT2D eigenvalue weighted by Crippen LogP contribution is -2.54. The lowest BCUT2D eigenvalue weighted by atomic mass is 10.0. The zero-order chi connectivity index (χ0) is 17.4. The molecule has 0 unspecified atom stereocenters. The number of likely N-dealkylation sites (N-methyl/N-ethyl adjacent to an activating group) is 2. The van der Waals surface area contributed by atoms with Crippen molar-refractivity contribution in [3.8, 4) is 0 Å². The highest BCUT2D eigenvalue weighted by molar-refractivity contribution is 5.91. The summed E-state index contributed by atoms with van der Waals surface area (Å²) in [4.78, 5) is 39.2. The third-order valence-electron chi connectivity index (χ3n) is 3.83. The van der Waals surface area contributed by atoms with Crippen molar-refractivity contribution in [2.45, 2.75) is 65.5 Å². The van der Waals surface area contributed by atoms with Crippen molar-refractivity contribution < 1.29 is 14.4 Å². The molecule has 6 heteroatoms. The van der Waals surface area contributed by atoms with Crippen molar-refractivity contribution in [1.29, 1.82) is 0 Å². The van der Waals surface area contributed by atoms with Crippen LogP contribution in [0, 0.1) is 5.92 Å². The molecule has 2 N–H and O–H groups in total. The number of hydrogen-bond acceptors (Lipinski definition) is 3. The average Bonchev–Trinajstić information content (AvgIpc) is 2.44. The Hall–Kier alpha value is -1.59. The molecule has 0 aromatic carbocycles. The molecule has 0 saturated heterocycles. The van der Waals surface area contributed by atoms with E-state index in [0.717, 1.165) is 6.42 Å². The van der Waals surface area contributed by atoms with Gasteiger partial charge in [-0.2, -0.15) is 0 Å². The van der Waals surface area contributed by atoms with Crippen LogP contribution in [0.15, 0.2) is 0 Å². The zero-order valence-corrected chi connectivity index (χ0v) is 14.8. The van der Waals surface area contributed by atoms with Gasteiger partial charge in [0.1, 0.15) is 12.1 Å². The summed E-state index contributed by atoms with van der Waals surface area (Å²) in [5, 5.41) is 0. The molecule has 0 aliphatic carbocycles. The molecule has 2 atom stereocenters. The van der Waals surface area contributed by atoms with Gasteiger partial charge in [-0.05, 0) is 25.2 Å². The number of nitrogens with zero attached hydrogens (tertiary/aromatic N) is 2. The summed E-state index contributed by atoms with van der Waals surface area (Å²) in [6, 6.07) is -1.20. The van der Waals surface area contributed by atoms with Crippen LogP contribution < -0.4 is 5.73 Å². The smallest absolute Gasteiger partial charge is 0.245 e. The first-order valence-electron chi connectivity index (χ1n) is 7.98. The number of carbonyl (C=O) groups is 3. The SMILES string of the molecule is CCCC(=O)N(C)[C@H](CC)C(=O)N(C)[C@@H](CC(C)C)C(N)=O. The molecule has 0 fully saturated rings. The van der Waals surface area contributed by atoms with E-state index in [0.29, 0.717) is 19.3 Å². The van der Waals surface area contributed by atoms with Gasteiger partial charge in [0.25, 0.3) is 0 Å². The largest absolute Gasteiger partial charge is 0.368 e. The number of primary amides is 1. The first-order valence-corrected chi connectivity index (χ1v) is 7.98. The Morgan fingerprint density at radius 1 is 1.00 bits per heavy atom. The number of carbonyl (C=O) groups excluding carboxylic acids is 3. The van der Waals surface area contributed by atoms with Crippen molar-refractivity contribution in [2.24, 2.45) is 11.7 Å². The lowest BCUT2D eigenvalue weighted by Gasteiger charge is -2.34. The molecule has 22 heavy (non-hydrogen) atoms. The van der Waals surface area contributed by atoms with Crippen molar-refractivity contribution in [3.63, 3.8) is 0 Å². The molecule has 0 radical (unpaired) electrons. The lowest BCUT2D eigenvalue weighted by molar-refractivity contribution is -0.147. The van der Waals surface area contributed by atoms with E-state index in [-0.39, 0.29) is 17.7 Å². The van der Waals surface area contributed by atoms with E-state index in [1.807, 2.05) is 27.7 Å². The van der Waals surface area contributed by atoms with Crippen LogP contribution in [0.1, 0.15) is 53.4 Å². The van der Waals surface area contributed by atoms with Crippen LogP contribution in [0.4, 0.5) is 0 Å². The van der Waals surface area contributed by atoms with E-state index in [2.05, 4.69) is 0 Å². The van der Waals surface area contributed by atoms with Gasteiger partial charge < -0.3 is 15.5 Å². The molecule has 0 rings (SSSR count). The Kier molecular flexibility index (Phi) is 8.75. The maximum absolute atomic E-state index is 12.7. The van der Waals surface area contributed by atoms with E-state index in [1.54, 1.807) is 14.1 Å². The summed E-state index contributed by atoms with van der Waals surface area (Å²) in [5.41, 5.74) is 5.44. The van der Waals surface area contributed by atoms with Crippen LogP contribution in [0.5, 0.6) is 0 Å². The predicted molar refractivity (Wildman–Crippen MR) is 87.0 cm³/mol. The molecule has 0 aliphatic rings. The first kappa shape index (κ1) is 20.4.